The third-order valence-electron chi connectivity index (χ3n) is 2.62. The van der Waals surface area contributed by atoms with Crippen LogP contribution >= 0.6 is 0 Å². The molecule has 0 radical (unpaired) electrons. The van der Waals surface area contributed by atoms with E-state index in [0.29, 0.717) is 11.3 Å². The number of hydrogen-bond acceptors (Lipinski definition) is 5. The molecular formula is C13H13NO6S. The first-order valence-corrected chi connectivity index (χ1v) is 7.35. The zero-order valence-corrected chi connectivity index (χ0v) is 11.9. The van der Waals surface area contributed by atoms with Gasteiger partial charge in [-0.25, -0.2) is 4.79 Å². The van der Waals surface area contributed by atoms with Crippen LogP contribution in [-0.2, 0) is 21.4 Å². The zero-order valence-electron chi connectivity index (χ0n) is 11.1. The van der Waals surface area contributed by atoms with Crippen molar-refractivity contribution in [2.45, 2.75) is 11.7 Å². The second kappa shape index (κ2) is 5.98. The van der Waals surface area contributed by atoms with E-state index in [2.05, 4.69) is 4.72 Å². The third kappa shape index (κ3) is 3.41. The maximum Gasteiger partial charge on any atom is 0.371 e. The minimum atomic E-state index is -4.00. The van der Waals surface area contributed by atoms with E-state index in [1.165, 1.54) is 7.11 Å². The van der Waals surface area contributed by atoms with Crippen LogP contribution in [0, 0.1) is 0 Å². The molecule has 2 rings (SSSR count). The number of carboxylic acid groups (broad SMARTS) is 1. The molecule has 0 amide bonds. The summed E-state index contributed by atoms with van der Waals surface area (Å²) in [6.45, 7) is 0.233. The predicted molar refractivity (Wildman–Crippen MR) is 73.6 cm³/mol. The van der Waals surface area contributed by atoms with Gasteiger partial charge in [0, 0.05) is 12.7 Å². The maximum atomic E-state index is 12.2. The summed E-state index contributed by atoms with van der Waals surface area (Å²) in [5, 5.41) is 8.28. The van der Waals surface area contributed by atoms with E-state index in [4.69, 9.17) is 14.3 Å². The number of anilines is 1. The summed E-state index contributed by atoms with van der Waals surface area (Å²) in [6, 6.07) is 8.88. The number of para-hydroxylation sites is 1. The van der Waals surface area contributed by atoms with Crippen molar-refractivity contribution < 1.29 is 27.5 Å². The first-order valence-electron chi connectivity index (χ1n) is 5.87. The lowest BCUT2D eigenvalue weighted by atomic mass is 10.2. The van der Waals surface area contributed by atoms with Crippen molar-refractivity contribution in [1.29, 1.82) is 0 Å². The predicted octanol–water partition coefficient (Wildman–Crippen LogP) is 1.93. The van der Waals surface area contributed by atoms with Crippen molar-refractivity contribution in [2.24, 2.45) is 0 Å². The van der Waals surface area contributed by atoms with E-state index in [9.17, 15) is 13.2 Å². The Morgan fingerprint density at radius 1 is 1.29 bits per heavy atom. The molecule has 8 heteroatoms. The van der Waals surface area contributed by atoms with Crippen LogP contribution in [-0.4, -0.2) is 26.6 Å². The molecule has 2 aromatic rings. The number of aromatic carboxylic acids is 1. The van der Waals surface area contributed by atoms with Gasteiger partial charge in [0.25, 0.3) is 10.0 Å². The highest BCUT2D eigenvalue weighted by atomic mass is 32.2. The van der Waals surface area contributed by atoms with Crippen LogP contribution in [0.2, 0.25) is 0 Å². The van der Waals surface area contributed by atoms with Crippen LogP contribution in [0.1, 0.15) is 16.1 Å². The van der Waals surface area contributed by atoms with Gasteiger partial charge in [0.1, 0.15) is 0 Å². The largest absolute Gasteiger partial charge is 0.475 e. The fourth-order valence-corrected chi connectivity index (χ4v) is 2.71. The fourth-order valence-electron chi connectivity index (χ4n) is 1.68. The van der Waals surface area contributed by atoms with E-state index in [0.717, 1.165) is 12.1 Å². The fraction of sp³-hybridized carbons (Fsp3) is 0.154. The van der Waals surface area contributed by atoms with Gasteiger partial charge in [-0.15, -0.1) is 0 Å². The second-order valence-corrected chi connectivity index (χ2v) is 5.73. The Hall–Kier alpha value is -2.32. The van der Waals surface area contributed by atoms with Gasteiger partial charge in [0.05, 0.1) is 12.3 Å². The lowest BCUT2D eigenvalue weighted by Crippen LogP contribution is -2.13. The highest BCUT2D eigenvalue weighted by Crippen LogP contribution is 2.22. The van der Waals surface area contributed by atoms with Crippen LogP contribution in [0.3, 0.4) is 0 Å². The van der Waals surface area contributed by atoms with E-state index >= 15 is 0 Å². The first kappa shape index (κ1) is 15.1. The van der Waals surface area contributed by atoms with E-state index in [1.54, 1.807) is 24.3 Å². The average Bonchev–Trinajstić information content (AvgIpc) is 2.92. The number of carbonyl (C=O) groups is 1. The summed E-state index contributed by atoms with van der Waals surface area (Å²) < 4.78 is 36.4. The Bertz CT molecular complexity index is 750. The summed E-state index contributed by atoms with van der Waals surface area (Å²) in [5.41, 5.74) is 0.987. The van der Waals surface area contributed by atoms with E-state index in [1.807, 2.05) is 0 Å². The molecule has 1 aromatic heterocycles. The summed E-state index contributed by atoms with van der Waals surface area (Å²) in [5.74, 6) is -1.78. The number of rotatable bonds is 6. The minimum absolute atomic E-state index is 0.233. The Morgan fingerprint density at radius 3 is 2.62 bits per heavy atom. The van der Waals surface area contributed by atoms with Crippen LogP contribution < -0.4 is 4.72 Å². The van der Waals surface area contributed by atoms with Gasteiger partial charge in [0.15, 0.2) is 0 Å². The van der Waals surface area contributed by atoms with Crippen molar-refractivity contribution in [3.05, 3.63) is 47.7 Å². The molecule has 0 bridgehead atoms. The molecular weight excluding hydrogens is 298 g/mol. The number of benzene rings is 1. The summed E-state index contributed by atoms with van der Waals surface area (Å²) in [6.07, 6.45) is 0. The molecule has 0 spiro atoms. The molecule has 0 saturated heterocycles. The average molecular weight is 311 g/mol. The number of carboxylic acids is 1. The quantitative estimate of drug-likeness (QED) is 0.844. The number of sulfonamides is 1. The lowest BCUT2D eigenvalue weighted by molar-refractivity contribution is 0.0656. The lowest BCUT2D eigenvalue weighted by Gasteiger charge is -2.10. The number of hydrogen-bond donors (Lipinski definition) is 2. The SMILES string of the molecule is COCc1ccccc1NS(=O)(=O)c1ccc(C(=O)O)o1. The molecule has 2 N–H and O–H groups in total. The molecule has 7 nitrogen and oxygen atoms in total. The molecule has 0 aliphatic rings. The molecule has 0 atom stereocenters. The molecule has 1 aromatic carbocycles. The number of methoxy groups -OCH3 is 1. The molecule has 0 unspecified atom stereocenters. The molecule has 0 fully saturated rings. The first-order chi connectivity index (χ1) is 9.94. The van der Waals surface area contributed by atoms with Gasteiger partial charge in [0.2, 0.25) is 10.9 Å². The number of furan rings is 1. The normalized spacial score (nSPS) is 11.3. The third-order valence-corrected chi connectivity index (χ3v) is 3.86. The van der Waals surface area contributed by atoms with Crippen molar-refractivity contribution in [1.82, 2.24) is 0 Å². The summed E-state index contributed by atoms with van der Waals surface area (Å²) >= 11 is 0. The molecule has 0 aliphatic carbocycles. The molecule has 112 valence electrons. The highest BCUT2D eigenvalue weighted by Gasteiger charge is 2.22. The minimum Gasteiger partial charge on any atom is -0.475 e. The van der Waals surface area contributed by atoms with Gasteiger partial charge in [-0.1, -0.05) is 18.2 Å². The topological polar surface area (TPSA) is 106 Å². The summed E-state index contributed by atoms with van der Waals surface area (Å²) in [7, 11) is -2.51. The van der Waals surface area contributed by atoms with Crippen molar-refractivity contribution >= 4 is 21.7 Å². The zero-order chi connectivity index (χ0) is 15.5. The Kier molecular flexibility index (Phi) is 4.29. The van der Waals surface area contributed by atoms with Gasteiger partial charge in [-0.3, -0.25) is 4.72 Å². The van der Waals surface area contributed by atoms with Gasteiger partial charge in [-0.2, -0.15) is 8.42 Å². The Labute approximate surface area is 121 Å². The Balaban J connectivity index is 2.30. The van der Waals surface area contributed by atoms with Crippen LogP contribution in [0.4, 0.5) is 5.69 Å². The number of ether oxygens (including phenoxy) is 1. The van der Waals surface area contributed by atoms with Crippen molar-refractivity contribution in [3.63, 3.8) is 0 Å². The van der Waals surface area contributed by atoms with Crippen LogP contribution in [0.25, 0.3) is 0 Å². The molecule has 0 saturated carbocycles. The molecule has 0 aliphatic heterocycles. The van der Waals surface area contributed by atoms with E-state index < -0.39 is 26.8 Å². The monoisotopic (exact) mass is 311 g/mol. The van der Waals surface area contributed by atoms with E-state index in [-0.39, 0.29) is 6.61 Å². The van der Waals surface area contributed by atoms with Crippen molar-refractivity contribution in [2.75, 3.05) is 11.8 Å². The summed E-state index contributed by atoms with van der Waals surface area (Å²) in [4.78, 5) is 10.7. The number of nitrogens with one attached hydrogen (secondary N) is 1. The highest BCUT2D eigenvalue weighted by molar-refractivity contribution is 7.92. The van der Waals surface area contributed by atoms with Gasteiger partial charge >= 0.3 is 5.97 Å². The van der Waals surface area contributed by atoms with Crippen molar-refractivity contribution in [3.8, 4) is 0 Å². The smallest absolute Gasteiger partial charge is 0.371 e. The standard InChI is InChI=1S/C13H13NO6S/c1-19-8-9-4-2-3-5-10(9)14-21(17,18)12-7-6-11(20-12)13(15)16/h2-7,14H,8H2,1H3,(H,15,16). The maximum absolute atomic E-state index is 12.2. The second-order valence-electron chi connectivity index (χ2n) is 4.12. The van der Waals surface area contributed by atoms with Crippen LogP contribution in [0.15, 0.2) is 45.9 Å². The van der Waals surface area contributed by atoms with Gasteiger partial charge in [-0.05, 0) is 18.2 Å². The van der Waals surface area contributed by atoms with Crippen LogP contribution in [0.5, 0.6) is 0 Å². The molecule has 21 heavy (non-hydrogen) atoms. The Morgan fingerprint density at radius 2 is 2.00 bits per heavy atom. The van der Waals surface area contributed by atoms with Gasteiger partial charge < -0.3 is 14.3 Å². The molecule has 1 heterocycles.